The molecule has 0 amide bonds. The summed E-state index contributed by atoms with van der Waals surface area (Å²) in [5.74, 6) is 0.605. The fourth-order valence-electron chi connectivity index (χ4n) is 4.88. The van der Waals surface area contributed by atoms with E-state index < -0.39 is 30.1 Å². The van der Waals surface area contributed by atoms with E-state index in [1.165, 1.54) is 45.0 Å². The molecule has 0 radical (unpaired) electrons. The molecule has 234 valence electrons. The van der Waals surface area contributed by atoms with Gasteiger partial charge in [0.05, 0.1) is 27.8 Å². The summed E-state index contributed by atoms with van der Waals surface area (Å²) in [6, 6.07) is 22.4. The second-order valence-corrected chi connectivity index (χ2v) is 16.7. The number of hydrogen-bond donors (Lipinski definition) is 0. The number of sulfonamides is 3. The zero-order valence-corrected chi connectivity index (χ0v) is 27.2. The molecule has 2 heterocycles. The molecule has 13 heteroatoms. The molecule has 2 bridgehead atoms. The van der Waals surface area contributed by atoms with Gasteiger partial charge in [-0.1, -0.05) is 53.1 Å². The van der Waals surface area contributed by atoms with Crippen LogP contribution in [-0.2, 0) is 43.2 Å². The maximum atomic E-state index is 13.9. The summed E-state index contributed by atoms with van der Waals surface area (Å²) in [5.41, 5.74) is 2.67. The Balaban J connectivity index is 1.56. The summed E-state index contributed by atoms with van der Waals surface area (Å²) in [7, 11) is -12.2. The maximum Gasteiger partial charge on any atom is 0.243 e. The molecule has 0 fully saturated rings. The number of furan rings is 1. The van der Waals surface area contributed by atoms with Crippen LogP contribution >= 0.6 is 0 Å². The molecule has 44 heavy (non-hydrogen) atoms. The SMILES string of the molecule is Cc1ccc(S(=O)(=O)N2CCN(S(=O)(=O)c3ccc(C)cc3)Cc3ccc(o3)CN(S(=O)(=O)c3ccc(C)cc3)CC2)cc1. The first-order valence-corrected chi connectivity index (χ1v) is 18.4. The van der Waals surface area contributed by atoms with E-state index in [0.29, 0.717) is 11.5 Å². The van der Waals surface area contributed by atoms with Crippen LogP contribution in [0, 0.1) is 20.8 Å². The monoisotopic (exact) mass is 657 g/mol. The number of nitrogens with zero attached hydrogens (tertiary/aromatic N) is 3. The molecule has 0 aliphatic carbocycles. The summed E-state index contributed by atoms with van der Waals surface area (Å²) >= 11 is 0. The van der Waals surface area contributed by atoms with Gasteiger partial charge in [-0.05, 0) is 69.3 Å². The standard InChI is InChI=1S/C31H35N3O7S3/c1-24-4-12-29(13-5-24)42(35,36)32-18-20-33(43(37,38)30-14-6-25(2)7-15-30)22-27-10-11-28(41-27)23-34(21-19-32)44(39,40)31-16-8-26(3)9-17-31/h4-17H,18-23H2,1-3H3. The third kappa shape index (κ3) is 6.82. The molecule has 0 saturated heterocycles. The van der Waals surface area contributed by atoms with Crippen LogP contribution in [-0.4, -0.2) is 64.3 Å². The van der Waals surface area contributed by atoms with Crippen molar-refractivity contribution in [2.24, 2.45) is 0 Å². The van der Waals surface area contributed by atoms with Crippen LogP contribution in [0.2, 0.25) is 0 Å². The Morgan fingerprint density at radius 3 is 1.02 bits per heavy atom. The van der Waals surface area contributed by atoms with Crippen molar-refractivity contribution in [2.45, 2.75) is 48.5 Å². The predicted octanol–water partition coefficient (Wildman–Crippen LogP) is 4.29. The minimum Gasteiger partial charge on any atom is -0.463 e. The van der Waals surface area contributed by atoms with Crippen molar-refractivity contribution in [1.82, 2.24) is 12.9 Å². The van der Waals surface area contributed by atoms with E-state index in [9.17, 15) is 25.3 Å². The van der Waals surface area contributed by atoms with E-state index in [1.54, 1.807) is 48.5 Å². The Bertz CT molecular complexity index is 1830. The van der Waals surface area contributed by atoms with Crippen molar-refractivity contribution < 1.29 is 29.7 Å². The van der Waals surface area contributed by atoms with Crippen molar-refractivity contribution in [2.75, 3.05) is 26.2 Å². The lowest BCUT2D eigenvalue weighted by molar-refractivity contribution is 0.276. The Kier molecular flexibility index (Phi) is 9.17. The highest BCUT2D eigenvalue weighted by atomic mass is 32.2. The fraction of sp³-hybridized carbons (Fsp3) is 0.290. The zero-order chi connectivity index (χ0) is 31.7. The minimum absolute atomic E-state index is 0.0323. The topological polar surface area (TPSA) is 125 Å². The molecule has 0 spiro atoms. The van der Waals surface area contributed by atoms with Crippen LogP contribution < -0.4 is 0 Å². The lowest BCUT2D eigenvalue weighted by Gasteiger charge is -2.29. The van der Waals surface area contributed by atoms with Crippen molar-refractivity contribution in [3.8, 4) is 0 Å². The molecule has 10 nitrogen and oxygen atoms in total. The molecular weight excluding hydrogens is 623 g/mol. The second kappa shape index (κ2) is 12.6. The van der Waals surface area contributed by atoms with Crippen molar-refractivity contribution in [1.29, 1.82) is 0 Å². The summed E-state index contributed by atoms with van der Waals surface area (Å²) < 4.78 is 92.5. The van der Waals surface area contributed by atoms with Crippen LogP contribution in [0.25, 0.3) is 0 Å². The lowest BCUT2D eigenvalue weighted by atomic mass is 10.2. The molecule has 5 rings (SSSR count). The largest absolute Gasteiger partial charge is 0.463 e. The molecule has 0 saturated carbocycles. The molecule has 3 aromatic carbocycles. The van der Waals surface area contributed by atoms with Gasteiger partial charge in [0.2, 0.25) is 30.1 Å². The minimum atomic E-state index is -4.13. The first-order chi connectivity index (χ1) is 20.8. The van der Waals surface area contributed by atoms with Gasteiger partial charge >= 0.3 is 0 Å². The van der Waals surface area contributed by atoms with E-state index in [1.807, 2.05) is 20.8 Å². The van der Waals surface area contributed by atoms with E-state index in [0.717, 1.165) is 21.0 Å². The van der Waals surface area contributed by atoms with Crippen LogP contribution in [0.4, 0.5) is 0 Å². The zero-order valence-electron chi connectivity index (χ0n) is 24.7. The van der Waals surface area contributed by atoms with Crippen molar-refractivity contribution in [3.05, 3.63) is 113 Å². The Morgan fingerprint density at radius 1 is 0.432 bits per heavy atom. The van der Waals surface area contributed by atoms with E-state index >= 15 is 0 Å². The third-order valence-electron chi connectivity index (χ3n) is 7.56. The maximum absolute atomic E-state index is 13.9. The quantitative estimate of drug-likeness (QED) is 0.303. The van der Waals surface area contributed by atoms with Gasteiger partial charge in [-0.25, -0.2) is 25.3 Å². The highest BCUT2D eigenvalue weighted by molar-refractivity contribution is 7.89. The smallest absolute Gasteiger partial charge is 0.243 e. The Hall–Kier alpha value is -3.33. The molecule has 0 atom stereocenters. The summed E-state index contributed by atoms with van der Waals surface area (Å²) in [5, 5.41) is 0. The van der Waals surface area contributed by atoms with Crippen LogP contribution in [0.3, 0.4) is 0 Å². The van der Waals surface area contributed by atoms with Gasteiger partial charge < -0.3 is 4.42 Å². The highest BCUT2D eigenvalue weighted by Gasteiger charge is 2.33. The lowest BCUT2D eigenvalue weighted by Crippen LogP contribution is -2.45. The highest BCUT2D eigenvalue weighted by Crippen LogP contribution is 2.25. The molecule has 0 N–H and O–H groups in total. The summed E-state index contributed by atoms with van der Waals surface area (Å²) in [6.07, 6.45) is 0. The van der Waals surface area contributed by atoms with Crippen LogP contribution in [0.15, 0.2) is 104 Å². The average Bonchev–Trinajstić information content (AvgIpc) is 3.43. The first kappa shape index (κ1) is 32.1. The first-order valence-electron chi connectivity index (χ1n) is 14.0. The van der Waals surface area contributed by atoms with Crippen LogP contribution in [0.5, 0.6) is 0 Å². The normalized spacial score (nSPS) is 16.7. The van der Waals surface area contributed by atoms with E-state index in [4.69, 9.17) is 4.42 Å². The van der Waals surface area contributed by atoms with E-state index in [-0.39, 0.29) is 54.0 Å². The number of aryl methyl sites for hydroxylation is 3. The Morgan fingerprint density at radius 2 is 0.705 bits per heavy atom. The van der Waals surface area contributed by atoms with Crippen LogP contribution in [0.1, 0.15) is 28.2 Å². The third-order valence-corrected chi connectivity index (χ3v) is 13.2. The fourth-order valence-corrected chi connectivity index (χ4v) is 9.10. The number of hydrogen-bond acceptors (Lipinski definition) is 7. The molecular formula is C31H35N3O7S3. The van der Waals surface area contributed by atoms with Crippen molar-refractivity contribution >= 4 is 30.1 Å². The van der Waals surface area contributed by atoms with Gasteiger partial charge in [-0.15, -0.1) is 0 Å². The van der Waals surface area contributed by atoms with Gasteiger partial charge in [0.15, 0.2) is 0 Å². The molecule has 1 aliphatic rings. The van der Waals surface area contributed by atoms with E-state index in [2.05, 4.69) is 0 Å². The molecule has 0 unspecified atom stereocenters. The number of fused-ring (bicyclic) bond motifs is 2. The summed E-state index contributed by atoms with van der Waals surface area (Å²) in [4.78, 5) is 0.181. The number of rotatable bonds is 6. The van der Waals surface area contributed by atoms with Gasteiger partial charge in [-0.2, -0.15) is 12.9 Å². The average molecular weight is 658 g/mol. The van der Waals surface area contributed by atoms with Gasteiger partial charge in [0.1, 0.15) is 11.5 Å². The summed E-state index contributed by atoms with van der Waals surface area (Å²) in [6.45, 7) is 4.40. The Labute approximate surface area is 259 Å². The van der Waals surface area contributed by atoms with Crippen molar-refractivity contribution in [3.63, 3.8) is 0 Å². The van der Waals surface area contributed by atoms with Gasteiger partial charge in [0, 0.05) is 26.2 Å². The van der Waals surface area contributed by atoms with Gasteiger partial charge in [0.25, 0.3) is 0 Å². The second-order valence-electron chi connectivity index (χ2n) is 10.9. The number of benzene rings is 3. The predicted molar refractivity (Wildman–Crippen MR) is 166 cm³/mol. The van der Waals surface area contributed by atoms with Gasteiger partial charge in [-0.3, -0.25) is 0 Å². The molecule has 1 aliphatic heterocycles. The molecule has 4 aromatic rings. The molecule has 1 aromatic heterocycles.